The number of aliphatic hydroxyl groups excluding tert-OH is 1. The minimum Gasteiger partial charge on any atom is -0.495 e. The zero-order valence-corrected chi connectivity index (χ0v) is 17.4. The van der Waals surface area contributed by atoms with Gasteiger partial charge in [0.2, 0.25) is 0 Å². The molecule has 5 nitrogen and oxygen atoms in total. The molecule has 8 heteroatoms. The maximum absolute atomic E-state index is 13.4. The van der Waals surface area contributed by atoms with Crippen molar-refractivity contribution in [3.63, 3.8) is 0 Å². The van der Waals surface area contributed by atoms with Crippen LogP contribution in [0.1, 0.15) is 24.6 Å². The van der Waals surface area contributed by atoms with Crippen molar-refractivity contribution in [3.05, 3.63) is 83.0 Å². The van der Waals surface area contributed by atoms with E-state index in [-0.39, 0.29) is 24.9 Å². The number of hydrogen-bond acceptors (Lipinski definition) is 5. The summed E-state index contributed by atoms with van der Waals surface area (Å²) in [6, 6.07) is 8.03. The molecule has 32 heavy (non-hydrogen) atoms. The third-order valence-corrected chi connectivity index (χ3v) is 5.35. The maximum atomic E-state index is 13.4. The van der Waals surface area contributed by atoms with Crippen molar-refractivity contribution in [1.29, 1.82) is 0 Å². The predicted molar refractivity (Wildman–Crippen MR) is 114 cm³/mol. The Balaban J connectivity index is 1.30. The van der Waals surface area contributed by atoms with Crippen LogP contribution < -0.4 is 5.32 Å². The summed E-state index contributed by atoms with van der Waals surface area (Å²) in [5, 5.41) is 18.0. The molecule has 1 aliphatic rings. The Bertz CT molecular complexity index is 1170. The standard InChI is InChI=1S/C24H23F3N2O3/c1-14-8-18(4-6-19(14)24-20-5-3-16(25)10-23(20)32-29-24)31-13-17(30)12-28-11-15-2-7-21(26)22(27)9-15/h2-7,9-10,14,17,28,30H,8,11-13H2,1H3/t14?,17-/m1/s1. The Morgan fingerprint density at radius 2 is 2.00 bits per heavy atom. The van der Waals surface area contributed by atoms with Crippen LogP contribution >= 0.6 is 0 Å². The van der Waals surface area contributed by atoms with Gasteiger partial charge in [0, 0.05) is 31.0 Å². The van der Waals surface area contributed by atoms with E-state index in [1.165, 1.54) is 18.2 Å². The van der Waals surface area contributed by atoms with Crippen molar-refractivity contribution in [2.24, 2.45) is 5.92 Å². The second-order valence-corrected chi connectivity index (χ2v) is 7.88. The maximum Gasteiger partial charge on any atom is 0.170 e. The normalized spacial score (nSPS) is 17.2. The molecular formula is C24H23F3N2O3. The van der Waals surface area contributed by atoms with E-state index in [0.717, 1.165) is 28.9 Å². The van der Waals surface area contributed by atoms with Gasteiger partial charge in [0.25, 0.3) is 0 Å². The first-order valence-corrected chi connectivity index (χ1v) is 10.3. The van der Waals surface area contributed by atoms with Crippen LogP contribution in [0, 0.1) is 23.4 Å². The molecule has 1 unspecified atom stereocenters. The highest BCUT2D eigenvalue weighted by atomic mass is 19.2. The summed E-state index contributed by atoms with van der Waals surface area (Å²) in [4.78, 5) is 0. The number of aromatic nitrogens is 1. The zero-order valence-electron chi connectivity index (χ0n) is 17.4. The monoisotopic (exact) mass is 444 g/mol. The number of rotatable bonds is 8. The van der Waals surface area contributed by atoms with Crippen molar-refractivity contribution in [2.45, 2.75) is 26.0 Å². The van der Waals surface area contributed by atoms with Gasteiger partial charge in [0.1, 0.15) is 24.2 Å². The molecule has 2 atom stereocenters. The first kappa shape index (κ1) is 22.1. The van der Waals surface area contributed by atoms with Crippen molar-refractivity contribution >= 4 is 16.5 Å². The van der Waals surface area contributed by atoms with Crippen LogP contribution in [0.4, 0.5) is 13.2 Å². The predicted octanol–water partition coefficient (Wildman–Crippen LogP) is 4.72. The van der Waals surface area contributed by atoms with E-state index in [9.17, 15) is 18.3 Å². The molecule has 1 aliphatic carbocycles. The molecule has 0 saturated carbocycles. The third kappa shape index (κ3) is 5.03. The van der Waals surface area contributed by atoms with E-state index < -0.39 is 17.7 Å². The number of fused-ring (bicyclic) bond motifs is 1. The average molecular weight is 444 g/mol. The summed E-state index contributed by atoms with van der Waals surface area (Å²) in [6.45, 7) is 2.67. The molecule has 0 fully saturated rings. The van der Waals surface area contributed by atoms with Crippen molar-refractivity contribution in [3.8, 4) is 0 Å². The quantitative estimate of drug-likeness (QED) is 0.526. The van der Waals surface area contributed by atoms with Crippen LogP contribution in [0.2, 0.25) is 0 Å². The fourth-order valence-corrected chi connectivity index (χ4v) is 3.66. The first-order valence-electron chi connectivity index (χ1n) is 10.3. The molecule has 3 aromatic rings. The van der Waals surface area contributed by atoms with E-state index in [0.29, 0.717) is 29.8 Å². The minimum atomic E-state index is -0.898. The SMILES string of the molecule is CC1CC(OC[C@H](O)CNCc2ccc(F)c(F)c2)=CC=C1c1noc2cc(F)ccc12. The van der Waals surface area contributed by atoms with Crippen molar-refractivity contribution < 1.29 is 27.5 Å². The third-order valence-electron chi connectivity index (χ3n) is 5.35. The van der Waals surface area contributed by atoms with Crippen LogP contribution in [-0.4, -0.2) is 29.5 Å². The van der Waals surface area contributed by atoms with E-state index in [1.807, 2.05) is 19.1 Å². The van der Waals surface area contributed by atoms with Crippen molar-refractivity contribution in [2.75, 3.05) is 13.2 Å². The van der Waals surface area contributed by atoms with E-state index in [4.69, 9.17) is 9.26 Å². The van der Waals surface area contributed by atoms with Gasteiger partial charge in [-0.3, -0.25) is 0 Å². The highest BCUT2D eigenvalue weighted by molar-refractivity contribution is 5.90. The van der Waals surface area contributed by atoms with Crippen LogP contribution in [0.3, 0.4) is 0 Å². The number of benzene rings is 2. The molecule has 0 bridgehead atoms. The van der Waals surface area contributed by atoms with Gasteiger partial charge in [-0.15, -0.1) is 0 Å². The fraction of sp³-hybridized carbons (Fsp3) is 0.292. The molecule has 0 spiro atoms. The van der Waals surface area contributed by atoms with Crippen molar-refractivity contribution in [1.82, 2.24) is 10.5 Å². The summed E-state index contributed by atoms with van der Waals surface area (Å²) in [6.07, 6.45) is 3.59. The largest absolute Gasteiger partial charge is 0.495 e. The lowest BCUT2D eigenvalue weighted by Crippen LogP contribution is -2.30. The summed E-state index contributed by atoms with van der Waals surface area (Å²) >= 11 is 0. The Kier molecular flexibility index (Phi) is 6.62. The summed E-state index contributed by atoms with van der Waals surface area (Å²) in [5.41, 5.74) is 2.64. The lowest BCUT2D eigenvalue weighted by atomic mass is 9.89. The number of aliphatic hydroxyl groups is 1. The second-order valence-electron chi connectivity index (χ2n) is 7.88. The molecule has 2 N–H and O–H groups in total. The van der Waals surface area contributed by atoms with Gasteiger partial charge in [-0.25, -0.2) is 13.2 Å². The molecule has 1 heterocycles. The number of nitrogens with one attached hydrogen (secondary N) is 1. The Morgan fingerprint density at radius 3 is 2.78 bits per heavy atom. The van der Waals surface area contributed by atoms with E-state index in [1.54, 1.807) is 6.07 Å². The van der Waals surface area contributed by atoms with Gasteiger partial charge < -0.3 is 19.7 Å². The molecular weight excluding hydrogens is 421 g/mol. The number of allylic oxidation sites excluding steroid dienone is 4. The summed E-state index contributed by atoms with van der Waals surface area (Å²) in [5.74, 6) is -1.33. The molecule has 0 radical (unpaired) electrons. The Hall–Kier alpha value is -3.10. The molecule has 2 aromatic carbocycles. The Morgan fingerprint density at radius 1 is 1.16 bits per heavy atom. The molecule has 168 valence electrons. The molecule has 4 rings (SSSR count). The van der Waals surface area contributed by atoms with Gasteiger partial charge in [-0.1, -0.05) is 24.2 Å². The molecule has 0 aliphatic heterocycles. The van der Waals surface area contributed by atoms with Crippen LogP contribution in [0.5, 0.6) is 0 Å². The lowest BCUT2D eigenvalue weighted by Gasteiger charge is -2.22. The Labute approximate surface area is 183 Å². The van der Waals surface area contributed by atoms with Gasteiger partial charge in [-0.2, -0.15) is 0 Å². The number of halogens is 3. The smallest absolute Gasteiger partial charge is 0.170 e. The number of ether oxygens (including phenoxy) is 1. The van der Waals surface area contributed by atoms with Crippen LogP contribution in [0.15, 0.2) is 58.8 Å². The van der Waals surface area contributed by atoms with E-state index in [2.05, 4.69) is 10.5 Å². The summed E-state index contributed by atoms with van der Waals surface area (Å²) < 4.78 is 50.6. The fourth-order valence-electron chi connectivity index (χ4n) is 3.66. The molecule has 0 saturated heterocycles. The first-order chi connectivity index (χ1) is 15.4. The van der Waals surface area contributed by atoms with Crippen LogP contribution in [-0.2, 0) is 11.3 Å². The van der Waals surface area contributed by atoms with E-state index >= 15 is 0 Å². The highest BCUT2D eigenvalue weighted by Crippen LogP contribution is 2.35. The zero-order chi connectivity index (χ0) is 22.7. The second kappa shape index (κ2) is 9.58. The number of hydrogen-bond donors (Lipinski definition) is 2. The van der Waals surface area contributed by atoms with Gasteiger partial charge in [-0.05, 0) is 47.4 Å². The number of nitrogens with zero attached hydrogens (tertiary/aromatic N) is 1. The molecule has 1 aromatic heterocycles. The van der Waals surface area contributed by atoms with Gasteiger partial charge in [0.15, 0.2) is 17.2 Å². The average Bonchev–Trinajstić information content (AvgIpc) is 3.17. The minimum absolute atomic E-state index is 0.0944. The van der Waals surface area contributed by atoms with Gasteiger partial charge >= 0.3 is 0 Å². The highest BCUT2D eigenvalue weighted by Gasteiger charge is 2.22. The van der Waals surface area contributed by atoms with Crippen LogP contribution in [0.25, 0.3) is 16.5 Å². The lowest BCUT2D eigenvalue weighted by molar-refractivity contribution is 0.0665. The summed E-state index contributed by atoms with van der Waals surface area (Å²) in [7, 11) is 0. The van der Waals surface area contributed by atoms with Gasteiger partial charge in [0.05, 0.1) is 5.76 Å². The topological polar surface area (TPSA) is 67.5 Å². The molecule has 0 amide bonds.